The minimum atomic E-state index is -3.91. The maximum absolute atomic E-state index is 12.3. The summed E-state index contributed by atoms with van der Waals surface area (Å²) in [4.78, 5) is 11.7. The average Bonchev–Trinajstić information content (AvgIpc) is 3.00. The fraction of sp³-hybridized carbons (Fsp3) is 0.136. The molecule has 1 fully saturated rings. The molecule has 29 heavy (non-hydrogen) atoms. The molecule has 1 amide bonds. The summed E-state index contributed by atoms with van der Waals surface area (Å²) in [6.07, 6.45) is 0.687. The van der Waals surface area contributed by atoms with E-state index in [-0.39, 0.29) is 13.2 Å². The number of carbonyl (C=O) groups excluding carboxylic acids is 1. The van der Waals surface area contributed by atoms with Gasteiger partial charge >= 0.3 is 10.2 Å². The van der Waals surface area contributed by atoms with Gasteiger partial charge < -0.3 is 4.74 Å². The molecule has 1 N–H and O–H groups in total. The van der Waals surface area contributed by atoms with Crippen LogP contribution in [-0.2, 0) is 28.0 Å². The molecule has 0 aliphatic carbocycles. The van der Waals surface area contributed by atoms with Gasteiger partial charge in [0.05, 0.1) is 5.69 Å². The predicted octanol–water partition coefficient (Wildman–Crippen LogP) is 3.04. The molecule has 0 bridgehead atoms. The maximum atomic E-state index is 12.3. The standard InChI is InChI=1S/C22H20N2O4S/c25-22-15-24(29(26,27)23-22)20-12-11-19(13-17-7-3-1-4-8-17)14-21(20)28-16-18-9-5-2-6-10-18/h1-12,14H,13,15-16H2,(H,23,25). The van der Waals surface area contributed by atoms with Crippen LogP contribution in [0.5, 0.6) is 5.75 Å². The van der Waals surface area contributed by atoms with Crippen molar-refractivity contribution >= 4 is 21.8 Å². The lowest BCUT2D eigenvalue weighted by atomic mass is 10.0. The highest BCUT2D eigenvalue weighted by Crippen LogP contribution is 2.33. The van der Waals surface area contributed by atoms with E-state index in [1.165, 1.54) is 0 Å². The Kier molecular flexibility index (Phi) is 5.22. The third-order valence-corrected chi connectivity index (χ3v) is 5.99. The molecule has 0 spiro atoms. The first-order chi connectivity index (χ1) is 14.0. The van der Waals surface area contributed by atoms with E-state index >= 15 is 0 Å². The fourth-order valence-electron chi connectivity index (χ4n) is 3.22. The molecule has 1 heterocycles. The van der Waals surface area contributed by atoms with E-state index in [1.807, 2.05) is 77.5 Å². The van der Waals surface area contributed by atoms with Gasteiger partial charge in [0, 0.05) is 0 Å². The second-order valence-corrected chi connectivity index (χ2v) is 8.37. The molecule has 0 radical (unpaired) electrons. The smallest absolute Gasteiger partial charge is 0.326 e. The lowest BCUT2D eigenvalue weighted by molar-refractivity contribution is -0.117. The molecule has 1 aliphatic heterocycles. The highest BCUT2D eigenvalue weighted by Gasteiger charge is 2.35. The molecule has 0 aromatic heterocycles. The Bertz CT molecular complexity index is 1120. The van der Waals surface area contributed by atoms with Gasteiger partial charge in [-0.25, -0.2) is 9.03 Å². The summed E-state index contributed by atoms with van der Waals surface area (Å²) in [5, 5.41) is 0. The van der Waals surface area contributed by atoms with Crippen molar-refractivity contribution in [3.05, 3.63) is 95.6 Å². The molecule has 3 aromatic carbocycles. The first-order valence-electron chi connectivity index (χ1n) is 9.18. The molecular formula is C22H20N2O4S. The Morgan fingerprint density at radius 1 is 0.862 bits per heavy atom. The van der Waals surface area contributed by atoms with Crippen molar-refractivity contribution in [1.29, 1.82) is 0 Å². The minimum absolute atomic E-state index is 0.262. The number of benzene rings is 3. The molecule has 0 unspecified atom stereocenters. The van der Waals surface area contributed by atoms with Gasteiger partial charge in [-0.15, -0.1) is 0 Å². The van der Waals surface area contributed by atoms with Gasteiger partial charge in [0.1, 0.15) is 18.9 Å². The maximum Gasteiger partial charge on any atom is 0.326 e. The predicted molar refractivity (Wildman–Crippen MR) is 111 cm³/mol. The normalized spacial score (nSPS) is 15.2. The quantitative estimate of drug-likeness (QED) is 0.680. The van der Waals surface area contributed by atoms with Crippen LogP contribution >= 0.6 is 0 Å². The zero-order chi connectivity index (χ0) is 20.3. The second-order valence-electron chi connectivity index (χ2n) is 6.78. The molecule has 0 atom stereocenters. The van der Waals surface area contributed by atoms with E-state index in [4.69, 9.17) is 4.74 Å². The summed E-state index contributed by atoms with van der Waals surface area (Å²) < 4.78 is 33.7. The topological polar surface area (TPSA) is 75.7 Å². The number of carbonyl (C=O) groups is 1. The van der Waals surface area contributed by atoms with E-state index in [0.29, 0.717) is 17.9 Å². The van der Waals surface area contributed by atoms with Crippen molar-refractivity contribution < 1.29 is 17.9 Å². The van der Waals surface area contributed by atoms with E-state index in [2.05, 4.69) is 0 Å². The molecule has 1 aliphatic rings. The first-order valence-corrected chi connectivity index (χ1v) is 10.6. The molecule has 4 rings (SSSR count). The number of rotatable bonds is 6. The summed E-state index contributed by atoms with van der Waals surface area (Å²) in [6.45, 7) is 0.0277. The number of nitrogens with zero attached hydrogens (tertiary/aromatic N) is 1. The van der Waals surface area contributed by atoms with Crippen LogP contribution in [0, 0.1) is 0 Å². The third kappa shape index (κ3) is 4.41. The van der Waals surface area contributed by atoms with Gasteiger partial charge in [-0.05, 0) is 35.2 Å². The number of anilines is 1. The first kappa shape index (κ1) is 19.0. The fourth-order valence-corrected chi connectivity index (χ4v) is 4.38. The lowest BCUT2D eigenvalue weighted by Crippen LogP contribution is -2.29. The molecule has 148 valence electrons. The van der Waals surface area contributed by atoms with E-state index in [9.17, 15) is 13.2 Å². The van der Waals surface area contributed by atoms with Gasteiger partial charge in [-0.2, -0.15) is 8.42 Å². The van der Waals surface area contributed by atoms with Crippen LogP contribution in [-0.4, -0.2) is 20.9 Å². The minimum Gasteiger partial charge on any atom is -0.487 e. The van der Waals surface area contributed by atoms with Gasteiger partial charge in [-0.3, -0.25) is 4.79 Å². The van der Waals surface area contributed by atoms with Crippen molar-refractivity contribution in [3.63, 3.8) is 0 Å². The average molecular weight is 408 g/mol. The summed E-state index contributed by atoms with van der Waals surface area (Å²) in [6, 6.07) is 25.0. The van der Waals surface area contributed by atoms with Gasteiger partial charge in [-0.1, -0.05) is 66.7 Å². The third-order valence-electron chi connectivity index (χ3n) is 4.60. The monoisotopic (exact) mass is 408 g/mol. The highest BCUT2D eigenvalue weighted by atomic mass is 32.2. The van der Waals surface area contributed by atoms with Crippen molar-refractivity contribution in [2.75, 3.05) is 10.8 Å². The van der Waals surface area contributed by atoms with Crippen molar-refractivity contribution in [3.8, 4) is 5.75 Å². The number of hydrogen-bond donors (Lipinski definition) is 1. The molecular weight excluding hydrogens is 388 g/mol. The largest absolute Gasteiger partial charge is 0.487 e. The molecule has 0 saturated carbocycles. The van der Waals surface area contributed by atoms with Crippen LogP contribution in [0.3, 0.4) is 0 Å². The van der Waals surface area contributed by atoms with Crippen LogP contribution in [0.2, 0.25) is 0 Å². The SMILES string of the molecule is O=C1CN(c2ccc(Cc3ccccc3)cc2OCc2ccccc2)S(=O)(=O)N1. The van der Waals surface area contributed by atoms with Crippen molar-refractivity contribution in [2.24, 2.45) is 0 Å². The zero-order valence-electron chi connectivity index (χ0n) is 15.6. The number of amides is 1. The Balaban J connectivity index is 1.67. The zero-order valence-corrected chi connectivity index (χ0v) is 16.4. The molecule has 6 nitrogen and oxygen atoms in total. The Morgan fingerprint density at radius 3 is 2.14 bits per heavy atom. The van der Waals surface area contributed by atoms with Crippen LogP contribution in [0.1, 0.15) is 16.7 Å². The van der Waals surface area contributed by atoms with Crippen LogP contribution in [0.25, 0.3) is 0 Å². The molecule has 1 saturated heterocycles. The number of hydrogen-bond acceptors (Lipinski definition) is 4. The lowest BCUT2D eigenvalue weighted by Gasteiger charge is -2.20. The highest BCUT2D eigenvalue weighted by molar-refractivity contribution is 7.92. The van der Waals surface area contributed by atoms with E-state index in [1.54, 1.807) is 6.07 Å². The number of nitrogens with one attached hydrogen (secondary N) is 1. The van der Waals surface area contributed by atoms with Crippen molar-refractivity contribution in [1.82, 2.24) is 4.72 Å². The summed E-state index contributed by atoms with van der Waals surface area (Å²) in [5.41, 5.74) is 3.43. The van der Waals surface area contributed by atoms with Crippen molar-refractivity contribution in [2.45, 2.75) is 13.0 Å². The molecule has 7 heteroatoms. The Labute approximate surface area is 169 Å². The molecule has 3 aromatic rings. The Morgan fingerprint density at radius 2 is 1.52 bits per heavy atom. The van der Waals surface area contributed by atoms with Crippen LogP contribution in [0.4, 0.5) is 5.69 Å². The van der Waals surface area contributed by atoms with E-state index < -0.39 is 16.1 Å². The van der Waals surface area contributed by atoms with Gasteiger partial charge in [0.15, 0.2) is 0 Å². The summed E-state index contributed by atoms with van der Waals surface area (Å²) in [7, 11) is -3.91. The Hall–Kier alpha value is -3.32. The second kappa shape index (κ2) is 7.97. The van der Waals surface area contributed by atoms with Gasteiger partial charge in [0.25, 0.3) is 5.91 Å². The number of ether oxygens (including phenoxy) is 1. The van der Waals surface area contributed by atoms with E-state index in [0.717, 1.165) is 21.0 Å². The van der Waals surface area contributed by atoms with Gasteiger partial charge in [0.2, 0.25) is 0 Å². The summed E-state index contributed by atoms with van der Waals surface area (Å²) in [5.74, 6) is -0.144. The summed E-state index contributed by atoms with van der Waals surface area (Å²) >= 11 is 0. The van der Waals surface area contributed by atoms with Crippen LogP contribution < -0.4 is 13.8 Å². The van der Waals surface area contributed by atoms with Crippen LogP contribution in [0.15, 0.2) is 78.9 Å².